The fraction of sp³-hybridized carbons (Fsp3) is 0.421. The molecule has 0 radical (unpaired) electrons. The standard InChI is InChI=1S/C19H21N3O3/c20-13-14-5-1-4-8-17(14)21-9-11-22(12-10-21)18(23)15-6-2-3-7-16(15)19(24)25/h1-5,8,15-16H,6-7,9-12H2,(H,24,25). The lowest BCUT2D eigenvalue weighted by Gasteiger charge is -2.39. The Morgan fingerprint density at radius 1 is 1.04 bits per heavy atom. The number of carboxylic acids is 1. The number of carbonyl (C=O) groups is 2. The molecule has 25 heavy (non-hydrogen) atoms. The van der Waals surface area contributed by atoms with Crippen LogP contribution in [0.5, 0.6) is 0 Å². The van der Waals surface area contributed by atoms with Crippen LogP contribution in [0.1, 0.15) is 18.4 Å². The third kappa shape index (κ3) is 3.50. The van der Waals surface area contributed by atoms with E-state index in [1.54, 1.807) is 11.0 Å². The molecule has 0 aromatic heterocycles. The van der Waals surface area contributed by atoms with Crippen LogP contribution in [-0.4, -0.2) is 48.1 Å². The van der Waals surface area contributed by atoms with Gasteiger partial charge in [0.1, 0.15) is 6.07 Å². The van der Waals surface area contributed by atoms with E-state index in [-0.39, 0.29) is 5.91 Å². The van der Waals surface area contributed by atoms with E-state index < -0.39 is 17.8 Å². The Bertz CT molecular complexity index is 730. The van der Waals surface area contributed by atoms with Gasteiger partial charge in [-0.05, 0) is 25.0 Å². The predicted molar refractivity (Wildman–Crippen MR) is 92.9 cm³/mol. The first kappa shape index (κ1) is 17.0. The molecule has 2 aliphatic rings. The first-order chi connectivity index (χ1) is 12.1. The predicted octanol–water partition coefficient (Wildman–Crippen LogP) is 1.87. The molecule has 0 bridgehead atoms. The number of carbonyl (C=O) groups excluding carboxylic acids is 1. The molecule has 1 aliphatic heterocycles. The number of hydrogen-bond acceptors (Lipinski definition) is 4. The molecule has 0 saturated carbocycles. The van der Waals surface area contributed by atoms with E-state index in [2.05, 4.69) is 11.0 Å². The van der Waals surface area contributed by atoms with Crippen molar-refractivity contribution in [1.29, 1.82) is 5.26 Å². The summed E-state index contributed by atoms with van der Waals surface area (Å²) in [6, 6.07) is 9.65. The fourth-order valence-electron chi connectivity index (χ4n) is 3.61. The average Bonchev–Trinajstić information content (AvgIpc) is 2.67. The van der Waals surface area contributed by atoms with Crippen LogP contribution in [0.15, 0.2) is 36.4 Å². The molecule has 0 spiro atoms. The van der Waals surface area contributed by atoms with Crippen molar-refractivity contribution in [3.8, 4) is 6.07 Å². The number of nitriles is 1. The number of hydrogen-bond donors (Lipinski definition) is 1. The summed E-state index contributed by atoms with van der Waals surface area (Å²) in [4.78, 5) is 28.1. The van der Waals surface area contributed by atoms with Crippen molar-refractivity contribution in [3.05, 3.63) is 42.0 Å². The Balaban J connectivity index is 1.66. The highest BCUT2D eigenvalue weighted by atomic mass is 16.4. The molecule has 1 aromatic rings. The lowest BCUT2D eigenvalue weighted by molar-refractivity contribution is -0.150. The Morgan fingerprint density at radius 2 is 1.68 bits per heavy atom. The minimum absolute atomic E-state index is 0.0648. The summed E-state index contributed by atoms with van der Waals surface area (Å²) < 4.78 is 0. The van der Waals surface area contributed by atoms with Crippen molar-refractivity contribution in [1.82, 2.24) is 4.90 Å². The molecule has 2 unspecified atom stereocenters. The highest BCUT2D eigenvalue weighted by Gasteiger charge is 2.37. The molecule has 2 atom stereocenters. The zero-order valence-electron chi connectivity index (χ0n) is 14.0. The molecule has 1 aromatic carbocycles. The zero-order valence-corrected chi connectivity index (χ0v) is 14.0. The van der Waals surface area contributed by atoms with E-state index in [4.69, 9.17) is 0 Å². The Kier molecular flexibility index (Phi) is 5.03. The van der Waals surface area contributed by atoms with Crippen LogP contribution in [-0.2, 0) is 9.59 Å². The molecule has 1 amide bonds. The molecule has 1 fully saturated rings. The van der Waals surface area contributed by atoms with E-state index in [0.29, 0.717) is 44.6 Å². The van der Waals surface area contributed by atoms with Crippen LogP contribution in [0, 0.1) is 23.2 Å². The van der Waals surface area contributed by atoms with Crippen LogP contribution in [0.4, 0.5) is 5.69 Å². The molecule has 6 heteroatoms. The second-order valence-corrected chi connectivity index (χ2v) is 6.44. The van der Waals surface area contributed by atoms with Gasteiger partial charge in [-0.25, -0.2) is 0 Å². The van der Waals surface area contributed by atoms with Gasteiger partial charge in [-0.15, -0.1) is 0 Å². The van der Waals surface area contributed by atoms with Gasteiger partial charge < -0.3 is 14.9 Å². The van der Waals surface area contributed by atoms with E-state index >= 15 is 0 Å². The quantitative estimate of drug-likeness (QED) is 0.850. The third-order valence-electron chi connectivity index (χ3n) is 5.02. The summed E-state index contributed by atoms with van der Waals surface area (Å²) in [6.45, 7) is 2.38. The molecular formula is C19H21N3O3. The van der Waals surface area contributed by atoms with Crippen molar-refractivity contribution in [2.75, 3.05) is 31.1 Å². The summed E-state index contributed by atoms with van der Waals surface area (Å²) in [7, 11) is 0. The number of para-hydroxylation sites is 1. The summed E-state index contributed by atoms with van der Waals surface area (Å²) in [6.07, 6.45) is 4.66. The summed E-state index contributed by atoms with van der Waals surface area (Å²) >= 11 is 0. The Labute approximate surface area is 147 Å². The van der Waals surface area contributed by atoms with Gasteiger partial charge in [-0.1, -0.05) is 24.3 Å². The summed E-state index contributed by atoms with van der Waals surface area (Å²) in [5.74, 6) is -2.07. The molecule has 1 N–H and O–H groups in total. The maximum Gasteiger partial charge on any atom is 0.307 e. The van der Waals surface area contributed by atoms with E-state index in [0.717, 1.165) is 5.69 Å². The topological polar surface area (TPSA) is 84.6 Å². The third-order valence-corrected chi connectivity index (χ3v) is 5.02. The van der Waals surface area contributed by atoms with Crippen LogP contribution in [0.2, 0.25) is 0 Å². The van der Waals surface area contributed by atoms with Gasteiger partial charge in [0.05, 0.1) is 23.1 Å². The second kappa shape index (κ2) is 7.39. The monoisotopic (exact) mass is 339 g/mol. The largest absolute Gasteiger partial charge is 0.481 e. The minimum Gasteiger partial charge on any atom is -0.481 e. The minimum atomic E-state index is -0.899. The highest BCUT2D eigenvalue weighted by Crippen LogP contribution is 2.29. The average molecular weight is 339 g/mol. The fourth-order valence-corrected chi connectivity index (χ4v) is 3.61. The molecule has 1 heterocycles. The lowest BCUT2D eigenvalue weighted by atomic mass is 9.82. The van der Waals surface area contributed by atoms with Crippen molar-refractivity contribution in [2.24, 2.45) is 11.8 Å². The normalized spacial score (nSPS) is 23.2. The summed E-state index contributed by atoms with van der Waals surface area (Å²) in [5, 5.41) is 18.6. The summed E-state index contributed by atoms with van der Waals surface area (Å²) in [5.41, 5.74) is 1.52. The SMILES string of the molecule is N#Cc1ccccc1N1CCN(C(=O)C2CC=CCC2C(=O)O)CC1. The van der Waals surface area contributed by atoms with E-state index in [9.17, 15) is 20.0 Å². The first-order valence-corrected chi connectivity index (χ1v) is 8.52. The molecule has 6 nitrogen and oxygen atoms in total. The van der Waals surface area contributed by atoms with Crippen LogP contribution in [0.25, 0.3) is 0 Å². The molecule has 3 rings (SSSR count). The van der Waals surface area contributed by atoms with Gasteiger partial charge in [-0.3, -0.25) is 9.59 Å². The van der Waals surface area contributed by atoms with Crippen molar-refractivity contribution >= 4 is 17.6 Å². The van der Waals surface area contributed by atoms with Crippen LogP contribution >= 0.6 is 0 Å². The number of carboxylic acid groups (broad SMARTS) is 1. The number of allylic oxidation sites excluding steroid dienone is 2. The smallest absolute Gasteiger partial charge is 0.307 e. The van der Waals surface area contributed by atoms with Gasteiger partial charge in [0.15, 0.2) is 0 Å². The number of piperazine rings is 1. The highest BCUT2D eigenvalue weighted by molar-refractivity contribution is 5.85. The number of benzene rings is 1. The molecule has 1 aliphatic carbocycles. The molecular weight excluding hydrogens is 318 g/mol. The Hall–Kier alpha value is -2.81. The van der Waals surface area contributed by atoms with Crippen molar-refractivity contribution in [2.45, 2.75) is 12.8 Å². The van der Waals surface area contributed by atoms with Gasteiger partial charge in [0.25, 0.3) is 0 Å². The van der Waals surface area contributed by atoms with E-state index in [1.807, 2.05) is 30.4 Å². The molecule has 130 valence electrons. The maximum absolute atomic E-state index is 12.8. The number of aliphatic carboxylic acids is 1. The number of nitrogens with zero attached hydrogens (tertiary/aromatic N) is 3. The van der Waals surface area contributed by atoms with Gasteiger partial charge in [0.2, 0.25) is 5.91 Å². The number of anilines is 1. The first-order valence-electron chi connectivity index (χ1n) is 8.52. The van der Waals surface area contributed by atoms with Gasteiger partial charge in [-0.2, -0.15) is 5.26 Å². The van der Waals surface area contributed by atoms with Crippen molar-refractivity contribution < 1.29 is 14.7 Å². The van der Waals surface area contributed by atoms with Crippen LogP contribution in [0.3, 0.4) is 0 Å². The second-order valence-electron chi connectivity index (χ2n) is 6.44. The van der Waals surface area contributed by atoms with Gasteiger partial charge in [0, 0.05) is 26.2 Å². The number of rotatable bonds is 3. The van der Waals surface area contributed by atoms with Gasteiger partial charge >= 0.3 is 5.97 Å². The zero-order chi connectivity index (χ0) is 17.8. The van der Waals surface area contributed by atoms with E-state index in [1.165, 1.54) is 0 Å². The van der Waals surface area contributed by atoms with Crippen molar-refractivity contribution in [3.63, 3.8) is 0 Å². The van der Waals surface area contributed by atoms with Crippen LogP contribution < -0.4 is 4.90 Å². The number of amides is 1. The maximum atomic E-state index is 12.8. The molecule has 1 saturated heterocycles. The Morgan fingerprint density at radius 3 is 2.32 bits per heavy atom. The lowest BCUT2D eigenvalue weighted by Crippen LogP contribution is -2.52.